The summed E-state index contributed by atoms with van der Waals surface area (Å²) in [6, 6.07) is 7.91. The molecule has 1 aromatic carbocycles. The zero-order chi connectivity index (χ0) is 16.8. The number of methoxy groups -OCH3 is 2. The third-order valence-corrected chi connectivity index (χ3v) is 3.91. The van der Waals surface area contributed by atoms with Gasteiger partial charge in [-0.1, -0.05) is 26.0 Å². The Hall–Kier alpha value is -2.08. The molecule has 0 atom stereocenters. The van der Waals surface area contributed by atoms with Crippen LogP contribution in [0.15, 0.2) is 41.1 Å². The summed E-state index contributed by atoms with van der Waals surface area (Å²) < 4.78 is 13.3. The van der Waals surface area contributed by atoms with Crippen molar-refractivity contribution in [1.29, 1.82) is 0 Å². The highest BCUT2D eigenvalue weighted by Crippen LogP contribution is 2.29. The third-order valence-electron chi connectivity index (χ3n) is 3.28. The lowest BCUT2D eigenvalue weighted by Gasteiger charge is -2.08. The van der Waals surface area contributed by atoms with Gasteiger partial charge in [-0.2, -0.15) is 5.10 Å². The van der Waals surface area contributed by atoms with E-state index in [0.29, 0.717) is 12.4 Å². The quantitative estimate of drug-likeness (QED) is 0.680. The minimum Gasteiger partial charge on any atom is -0.497 e. The molecular weight excluding hydrogens is 358 g/mol. The average Bonchev–Trinajstić information content (AvgIpc) is 3.03. The monoisotopic (exact) mass is 377 g/mol. The van der Waals surface area contributed by atoms with Crippen molar-refractivity contribution in [2.45, 2.75) is 20.4 Å². The number of rotatable bonds is 4. The van der Waals surface area contributed by atoms with Gasteiger partial charge in [0.05, 0.1) is 27.0 Å². The van der Waals surface area contributed by atoms with Crippen molar-refractivity contribution in [3.05, 3.63) is 46.7 Å². The molecule has 3 aromatic rings. The van der Waals surface area contributed by atoms with Crippen LogP contribution in [0.2, 0.25) is 0 Å². The minimum absolute atomic E-state index is 0.569. The van der Waals surface area contributed by atoms with Crippen LogP contribution in [0, 0.1) is 0 Å². The van der Waals surface area contributed by atoms with Gasteiger partial charge in [-0.25, -0.2) is 4.98 Å². The Balaban J connectivity index is 0.000000924. The van der Waals surface area contributed by atoms with Crippen molar-refractivity contribution in [2.75, 3.05) is 14.2 Å². The smallest absolute Gasteiger partial charge is 0.240 e. The second kappa shape index (κ2) is 7.97. The number of halogens is 1. The van der Waals surface area contributed by atoms with E-state index >= 15 is 0 Å². The normalized spacial score (nSPS) is 10.1. The molecule has 0 spiro atoms. The summed E-state index contributed by atoms with van der Waals surface area (Å²) in [6.45, 7) is 4.64. The first kappa shape index (κ1) is 17.3. The second-order valence-electron chi connectivity index (χ2n) is 4.53. The molecule has 23 heavy (non-hydrogen) atoms. The van der Waals surface area contributed by atoms with Crippen molar-refractivity contribution in [3.8, 4) is 11.6 Å². The molecule has 122 valence electrons. The largest absolute Gasteiger partial charge is 0.497 e. The summed E-state index contributed by atoms with van der Waals surface area (Å²) in [5, 5.41) is 5.42. The summed E-state index contributed by atoms with van der Waals surface area (Å²) in [4.78, 5) is 4.28. The van der Waals surface area contributed by atoms with E-state index in [1.165, 1.54) is 0 Å². The predicted molar refractivity (Wildman–Crippen MR) is 95.2 cm³/mol. The molecule has 0 aliphatic carbocycles. The molecule has 0 saturated heterocycles. The fraction of sp³-hybridized carbons (Fsp3) is 0.294. The molecule has 3 rings (SSSR count). The molecule has 6 heteroatoms. The number of nitrogens with zero attached hydrogens (tertiary/aromatic N) is 3. The van der Waals surface area contributed by atoms with E-state index in [9.17, 15) is 0 Å². The van der Waals surface area contributed by atoms with Gasteiger partial charge in [0, 0.05) is 16.1 Å². The summed E-state index contributed by atoms with van der Waals surface area (Å²) in [6.07, 6.45) is 3.54. The summed E-state index contributed by atoms with van der Waals surface area (Å²) in [5.74, 6) is 1.41. The van der Waals surface area contributed by atoms with Crippen molar-refractivity contribution < 1.29 is 9.47 Å². The Morgan fingerprint density at radius 3 is 2.35 bits per heavy atom. The van der Waals surface area contributed by atoms with Gasteiger partial charge in [-0.15, -0.1) is 0 Å². The van der Waals surface area contributed by atoms with Crippen molar-refractivity contribution in [3.63, 3.8) is 0 Å². The van der Waals surface area contributed by atoms with E-state index in [0.717, 1.165) is 26.7 Å². The summed E-state index contributed by atoms with van der Waals surface area (Å²) in [5.41, 5.74) is 2.01. The zero-order valence-corrected chi connectivity index (χ0v) is 15.3. The molecule has 0 bridgehead atoms. The molecule has 0 aliphatic rings. The van der Waals surface area contributed by atoms with Crippen LogP contribution in [0.25, 0.3) is 10.9 Å². The molecule has 0 fully saturated rings. The number of benzene rings is 1. The Morgan fingerprint density at radius 2 is 1.74 bits per heavy atom. The first-order valence-electron chi connectivity index (χ1n) is 7.40. The van der Waals surface area contributed by atoms with Crippen LogP contribution >= 0.6 is 15.9 Å². The van der Waals surface area contributed by atoms with Gasteiger partial charge in [0.2, 0.25) is 5.88 Å². The van der Waals surface area contributed by atoms with E-state index in [-0.39, 0.29) is 0 Å². The number of hydrogen-bond donors (Lipinski definition) is 0. The number of aromatic nitrogens is 3. The molecule has 5 nitrogen and oxygen atoms in total. The Kier molecular flexibility index (Phi) is 5.98. The lowest BCUT2D eigenvalue weighted by Crippen LogP contribution is -2.03. The van der Waals surface area contributed by atoms with Gasteiger partial charge in [0.15, 0.2) is 0 Å². The Labute approximate surface area is 144 Å². The van der Waals surface area contributed by atoms with Gasteiger partial charge in [0.25, 0.3) is 0 Å². The van der Waals surface area contributed by atoms with Crippen LogP contribution in [-0.4, -0.2) is 29.0 Å². The molecule has 0 aliphatic heterocycles. The number of ether oxygens (including phenoxy) is 2. The van der Waals surface area contributed by atoms with Crippen LogP contribution in [0.1, 0.15) is 19.4 Å². The van der Waals surface area contributed by atoms with Gasteiger partial charge >= 0.3 is 0 Å². The fourth-order valence-corrected chi connectivity index (χ4v) is 2.60. The zero-order valence-electron chi connectivity index (χ0n) is 13.7. The first-order valence-corrected chi connectivity index (χ1v) is 8.19. The van der Waals surface area contributed by atoms with E-state index in [1.54, 1.807) is 20.4 Å². The molecule has 0 radical (unpaired) electrons. The highest BCUT2D eigenvalue weighted by Gasteiger charge is 2.13. The highest BCUT2D eigenvalue weighted by molar-refractivity contribution is 9.10. The molecule has 0 amide bonds. The number of hydrogen-bond acceptors (Lipinski definition) is 4. The van der Waals surface area contributed by atoms with Crippen LogP contribution in [-0.2, 0) is 6.54 Å². The molecule has 0 N–H and O–H groups in total. The number of pyridine rings is 1. The standard InChI is InChI=1S/C15H14BrN3O2.C2H6/c1-20-11-5-3-10(4-6-11)9-19-14-12(7-18-19)13(16)8-17-15(14)21-2;1-2/h3-8H,9H2,1-2H3;1-2H3. The molecule has 2 heterocycles. The molecule has 0 saturated carbocycles. The van der Waals surface area contributed by atoms with Gasteiger partial charge < -0.3 is 9.47 Å². The van der Waals surface area contributed by atoms with E-state index in [4.69, 9.17) is 9.47 Å². The first-order chi connectivity index (χ1) is 11.2. The van der Waals surface area contributed by atoms with E-state index in [1.807, 2.05) is 49.0 Å². The van der Waals surface area contributed by atoms with Crippen LogP contribution < -0.4 is 9.47 Å². The van der Waals surface area contributed by atoms with Gasteiger partial charge in [-0.05, 0) is 33.6 Å². The Morgan fingerprint density at radius 1 is 1.04 bits per heavy atom. The fourth-order valence-electron chi connectivity index (χ4n) is 2.20. The summed E-state index contributed by atoms with van der Waals surface area (Å²) >= 11 is 3.49. The van der Waals surface area contributed by atoms with Crippen LogP contribution in [0.4, 0.5) is 0 Å². The minimum atomic E-state index is 0.569. The summed E-state index contributed by atoms with van der Waals surface area (Å²) in [7, 11) is 3.27. The maximum atomic E-state index is 5.34. The maximum Gasteiger partial charge on any atom is 0.240 e. The second-order valence-corrected chi connectivity index (χ2v) is 5.38. The van der Waals surface area contributed by atoms with Gasteiger partial charge in [-0.3, -0.25) is 4.68 Å². The molecule has 2 aromatic heterocycles. The van der Waals surface area contributed by atoms with E-state index < -0.39 is 0 Å². The van der Waals surface area contributed by atoms with Crippen molar-refractivity contribution in [2.24, 2.45) is 0 Å². The molecular formula is C17H20BrN3O2. The highest BCUT2D eigenvalue weighted by atomic mass is 79.9. The molecule has 0 unspecified atom stereocenters. The van der Waals surface area contributed by atoms with Gasteiger partial charge in [0.1, 0.15) is 11.3 Å². The van der Waals surface area contributed by atoms with Crippen molar-refractivity contribution >= 4 is 26.8 Å². The SMILES string of the molecule is CC.COc1ccc(Cn2ncc3c(Br)cnc(OC)c32)cc1. The Bertz CT molecular complexity index is 769. The third kappa shape index (κ3) is 3.64. The topological polar surface area (TPSA) is 49.2 Å². The van der Waals surface area contributed by atoms with E-state index in [2.05, 4.69) is 26.0 Å². The average molecular weight is 378 g/mol. The number of fused-ring (bicyclic) bond motifs is 1. The van der Waals surface area contributed by atoms with Crippen LogP contribution in [0.3, 0.4) is 0 Å². The predicted octanol–water partition coefficient (Wildman–Crippen LogP) is 4.29. The lowest BCUT2D eigenvalue weighted by molar-refractivity contribution is 0.400. The maximum absolute atomic E-state index is 5.34. The van der Waals surface area contributed by atoms with Crippen LogP contribution in [0.5, 0.6) is 11.6 Å². The lowest BCUT2D eigenvalue weighted by atomic mass is 10.2. The van der Waals surface area contributed by atoms with Crippen molar-refractivity contribution in [1.82, 2.24) is 14.8 Å².